The van der Waals surface area contributed by atoms with Crippen LogP contribution in [0.1, 0.15) is 32.1 Å². The van der Waals surface area contributed by atoms with Gasteiger partial charge in [0.05, 0.1) is 6.04 Å². The fraction of sp³-hybridized carbons (Fsp3) is 0.737. The Morgan fingerprint density at radius 2 is 1.76 bits per heavy atom. The second-order valence-electron chi connectivity index (χ2n) is 7.58. The summed E-state index contributed by atoms with van der Waals surface area (Å²) in [5, 5.41) is 20.1. The molecule has 0 bridgehead atoms. The number of nitrogens with one attached hydrogen (secondary N) is 4. The first-order valence-corrected chi connectivity index (χ1v) is 12.7. The van der Waals surface area contributed by atoms with E-state index in [0.717, 1.165) is 13.0 Å². The molecule has 1 saturated heterocycles. The molecular formula is C19H35N7O5S2. The van der Waals surface area contributed by atoms with Crippen molar-refractivity contribution in [2.75, 3.05) is 30.9 Å². The number of aliphatic carboxylic acids is 1. The molecule has 4 atom stereocenters. The minimum absolute atomic E-state index is 0.0959. The first kappa shape index (κ1) is 28.8. The number of carbonyl (C=O) groups excluding carboxylic acids is 3. The summed E-state index contributed by atoms with van der Waals surface area (Å²) in [6, 6.07) is -3.43. The summed E-state index contributed by atoms with van der Waals surface area (Å²) < 4.78 is 0. The number of hydrogen-bond donors (Lipinski definition) is 8. The molecule has 14 heteroatoms. The molecule has 0 unspecified atom stereocenters. The second kappa shape index (κ2) is 15.6. The number of thioether (sulfide) groups is 1. The summed E-state index contributed by atoms with van der Waals surface area (Å²) >= 11 is 5.47. The average Bonchev–Trinajstić information content (AvgIpc) is 3.31. The lowest BCUT2D eigenvalue weighted by atomic mass is 10.1. The van der Waals surface area contributed by atoms with Gasteiger partial charge in [0.2, 0.25) is 17.7 Å². The van der Waals surface area contributed by atoms with Crippen LogP contribution >= 0.6 is 24.4 Å². The van der Waals surface area contributed by atoms with E-state index in [1.807, 2.05) is 6.26 Å². The van der Waals surface area contributed by atoms with Gasteiger partial charge in [0.1, 0.15) is 18.1 Å². The van der Waals surface area contributed by atoms with Gasteiger partial charge in [0.25, 0.3) is 0 Å². The quantitative estimate of drug-likeness (QED) is 0.0537. The molecule has 3 amide bonds. The van der Waals surface area contributed by atoms with E-state index in [0.29, 0.717) is 25.0 Å². The number of amides is 3. The Morgan fingerprint density at radius 1 is 1.12 bits per heavy atom. The maximum atomic E-state index is 13.0. The summed E-state index contributed by atoms with van der Waals surface area (Å²) in [5.74, 6) is -2.27. The van der Waals surface area contributed by atoms with Gasteiger partial charge in [-0.2, -0.15) is 24.4 Å². The van der Waals surface area contributed by atoms with E-state index >= 15 is 0 Å². The monoisotopic (exact) mass is 505 g/mol. The lowest BCUT2D eigenvalue weighted by molar-refractivity contribution is -0.141. The summed E-state index contributed by atoms with van der Waals surface area (Å²) in [6.07, 6.45) is 4.37. The van der Waals surface area contributed by atoms with Gasteiger partial charge in [-0.05, 0) is 50.7 Å². The topological polar surface area (TPSA) is 201 Å². The lowest BCUT2D eigenvalue weighted by Gasteiger charge is -2.25. The highest BCUT2D eigenvalue weighted by Gasteiger charge is 2.30. The van der Waals surface area contributed by atoms with E-state index in [-0.39, 0.29) is 36.6 Å². The highest BCUT2D eigenvalue weighted by atomic mass is 32.2. The number of guanidine groups is 1. The molecule has 0 radical (unpaired) electrons. The van der Waals surface area contributed by atoms with Crippen LogP contribution in [0.5, 0.6) is 0 Å². The van der Waals surface area contributed by atoms with Crippen molar-refractivity contribution in [1.29, 1.82) is 0 Å². The molecule has 12 nitrogen and oxygen atoms in total. The van der Waals surface area contributed by atoms with Crippen LogP contribution in [0, 0.1) is 0 Å². The van der Waals surface area contributed by atoms with Crippen LogP contribution in [0.3, 0.4) is 0 Å². The molecule has 188 valence electrons. The smallest absolute Gasteiger partial charge is 0.327 e. The predicted molar refractivity (Wildman–Crippen MR) is 131 cm³/mol. The van der Waals surface area contributed by atoms with Crippen LogP contribution in [-0.2, 0) is 19.2 Å². The Bertz CT molecular complexity index is 700. The number of nitrogens with zero attached hydrogens (tertiary/aromatic N) is 1. The molecule has 9 N–H and O–H groups in total. The van der Waals surface area contributed by atoms with Crippen LogP contribution < -0.4 is 32.7 Å². The Kier molecular flexibility index (Phi) is 13.6. The van der Waals surface area contributed by atoms with Crippen molar-refractivity contribution >= 4 is 54.0 Å². The van der Waals surface area contributed by atoms with E-state index < -0.39 is 35.9 Å². The van der Waals surface area contributed by atoms with Crippen LogP contribution in [0.2, 0.25) is 0 Å². The minimum atomic E-state index is -1.24. The summed E-state index contributed by atoms with van der Waals surface area (Å²) in [6.45, 7) is 0.977. The van der Waals surface area contributed by atoms with Crippen LogP contribution in [0.4, 0.5) is 0 Å². The van der Waals surface area contributed by atoms with Crippen molar-refractivity contribution in [1.82, 2.24) is 21.3 Å². The molecule has 33 heavy (non-hydrogen) atoms. The average molecular weight is 506 g/mol. The zero-order chi connectivity index (χ0) is 24.8. The van der Waals surface area contributed by atoms with Crippen LogP contribution in [0.15, 0.2) is 4.99 Å². The molecular weight excluding hydrogens is 470 g/mol. The number of carboxylic acid groups (broad SMARTS) is 1. The van der Waals surface area contributed by atoms with E-state index in [4.69, 9.17) is 11.5 Å². The highest BCUT2D eigenvalue weighted by Crippen LogP contribution is 2.08. The molecule has 0 aromatic rings. The molecule has 1 heterocycles. The molecule has 0 saturated carbocycles. The Labute approximate surface area is 203 Å². The zero-order valence-electron chi connectivity index (χ0n) is 18.7. The molecule has 1 aliphatic rings. The number of aliphatic imine (C=N–C) groups is 1. The number of carboxylic acids is 1. The SMILES string of the molecule is CSCC[C@H](NC(=O)[C@@H]1CCCN1)C(=O)N[C@@H](CCCN=C(N)N)C(=O)N[C@@H](CS)C(=O)O. The molecule has 0 aliphatic carbocycles. The lowest BCUT2D eigenvalue weighted by Crippen LogP contribution is -2.57. The standard InChI is InChI=1S/C19H35N7O5S2/c1-33-9-6-13(25-15(27)11-4-2-7-22-11)17(29)24-12(5-3-8-23-19(20)21)16(28)26-14(10-32)18(30)31/h11-14,22,32H,2-10H2,1H3,(H,24,29)(H,25,27)(H,26,28)(H,30,31)(H4,20,21,23)/t11-,12-,13-,14-/m0/s1. The van der Waals surface area contributed by atoms with Crippen LogP contribution in [-0.4, -0.2) is 89.8 Å². The van der Waals surface area contributed by atoms with Crippen molar-refractivity contribution in [3.63, 3.8) is 0 Å². The van der Waals surface area contributed by atoms with Crippen molar-refractivity contribution in [2.24, 2.45) is 16.5 Å². The molecule has 1 aliphatic heterocycles. The van der Waals surface area contributed by atoms with E-state index in [1.54, 1.807) is 0 Å². The normalized spacial score (nSPS) is 17.9. The fourth-order valence-corrected chi connectivity index (χ4v) is 3.91. The maximum Gasteiger partial charge on any atom is 0.327 e. The van der Waals surface area contributed by atoms with Gasteiger partial charge in [0, 0.05) is 12.3 Å². The van der Waals surface area contributed by atoms with Gasteiger partial charge >= 0.3 is 5.97 Å². The Hall–Kier alpha value is -2.19. The molecule has 0 spiro atoms. The third kappa shape index (κ3) is 11.0. The third-order valence-electron chi connectivity index (χ3n) is 5.00. The Morgan fingerprint density at radius 3 is 2.27 bits per heavy atom. The van der Waals surface area contributed by atoms with Crippen LogP contribution in [0.25, 0.3) is 0 Å². The summed E-state index contributed by atoms with van der Waals surface area (Å²) in [5.41, 5.74) is 10.6. The summed E-state index contributed by atoms with van der Waals surface area (Å²) in [7, 11) is 0. The highest BCUT2D eigenvalue weighted by molar-refractivity contribution is 7.98. The molecule has 1 fully saturated rings. The van der Waals surface area contributed by atoms with E-state index in [9.17, 15) is 24.3 Å². The number of thiol groups is 1. The van der Waals surface area contributed by atoms with Crippen molar-refractivity contribution in [3.8, 4) is 0 Å². The maximum absolute atomic E-state index is 13.0. The van der Waals surface area contributed by atoms with Gasteiger partial charge < -0.3 is 37.8 Å². The van der Waals surface area contributed by atoms with Gasteiger partial charge in [-0.1, -0.05) is 0 Å². The summed E-state index contributed by atoms with van der Waals surface area (Å²) in [4.78, 5) is 53.4. The number of nitrogens with two attached hydrogens (primary N) is 2. The third-order valence-corrected chi connectivity index (χ3v) is 6.00. The first-order chi connectivity index (χ1) is 15.7. The molecule has 1 rings (SSSR count). The van der Waals surface area contributed by atoms with Gasteiger partial charge in [-0.25, -0.2) is 4.79 Å². The van der Waals surface area contributed by atoms with Crippen molar-refractivity contribution in [2.45, 2.75) is 56.3 Å². The van der Waals surface area contributed by atoms with Crippen molar-refractivity contribution < 1.29 is 24.3 Å². The molecule has 0 aromatic carbocycles. The Balaban J connectivity index is 2.89. The largest absolute Gasteiger partial charge is 0.480 e. The van der Waals surface area contributed by atoms with Crippen molar-refractivity contribution in [3.05, 3.63) is 0 Å². The van der Waals surface area contributed by atoms with Gasteiger partial charge in [-0.15, -0.1) is 0 Å². The second-order valence-corrected chi connectivity index (χ2v) is 8.93. The number of hydrogen-bond acceptors (Lipinski definition) is 8. The number of carbonyl (C=O) groups is 4. The predicted octanol–water partition coefficient (Wildman–Crippen LogP) is -1.99. The van der Waals surface area contributed by atoms with Gasteiger partial charge in [-0.3, -0.25) is 19.4 Å². The fourth-order valence-electron chi connectivity index (χ4n) is 3.19. The van der Waals surface area contributed by atoms with E-state index in [1.165, 1.54) is 11.8 Å². The first-order valence-electron chi connectivity index (χ1n) is 10.7. The zero-order valence-corrected chi connectivity index (χ0v) is 20.4. The minimum Gasteiger partial charge on any atom is -0.480 e. The number of rotatable bonds is 15. The molecule has 0 aromatic heterocycles. The van der Waals surface area contributed by atoms with Gasteiger partial charge in [0.15, 0.2) is 5.96 Å². The van der Waals surface area contributed by atoms with E-state index in [2.05, 4.69) is 38.9 Å².